The van der Waals surface area contributed by atoms with Crippen molar-refractivity contribution in [2.75, 3.05) is 10.7 Å². The molecule has 0 saturated heterocycles. The number of hydrogen-bond donors (Lipinski definition) is 4. The normalized spacial score (nSPS) is 12.5. The Morgan fingerprint density at radius 2 is 2.35 bits per heavy atom. The summed E-state index contributed by atoms with van der Waals surface area (Å²) in [4.78, 5) is 12.9. The molecule has 0 aromatic carbocycles. The second-order valence-corrected chi connectivity index (χ2v) is 5.07. The first kappa shape index (κ1) is 12.8. The molecule has 8 nitrogen and oxygen atoms in total. The molecule has 3 heterocycles. The highest BCUT2D eigenvalue weighted by Gasteiger charge is 2.16. The van der Waals surface area contributed by atoms with E-state index in [0.717, 1.165) is 16.8 Å². The number of nitrogens with two attached hydrogens (primary N) is 1. The van der Waals surface area contributed by atoms with Gasteiger partial charge in [-0.25, -0.2) is 10.8 Å². The molecular formula is C11H14N8S. The summed E-state index contributed by atoms with van der Waals surface area (Å²) in [5.41, 5.74) is 3.08. The molecule has 1 atom stereocenters. The number of hydrazine groups is 1. The van der Waals surface area contributed by atoms with Crippen LogP contribution in [0, 0.1) is 0 Å². The number of H-pyrrole nitrogens is 1. The molecule has 0 fully saturated rings. The average molecular weight is 290 g/mol. The lowest BCUT2D eigenvalue weighted by atomic mass is 10.2. The molecule has 0 spiro atoms. The summed E-state index contributed by atoms with van der Waals surface area (Å²) in [6.45, 7) is 2.09. The topological polar surface area (TPSA) is 117 Å². The Bertz CT molecular complexity index is 692. The van der Waals surface area contributed by atoms with E-state index in [1.54, 1.807) is 23.7 Å². The van der Waals surface area contributed by atoms with E-state index in [9.17, 15) is 0 Å². The summed E-state index contributed by atoms with van der Waals surface area (Å²) < 4.78 is 0. The molecule has 0 aliphatic carbocycles. The van der Waals surface area contributed by atoms with Crippen molar-refractivity contribution in [1.29, 1.82) is 0 Å². The molecule has 0 saturated carbocycles. The SMILES string of the molecule is CCC(Nc1nc(NN)nc2[nH]ncc12)c1nccs1. The minimum Gasteiger partial charge on any atom is -0.360 e. The first-order valence-electron chi connectivity index (χ1n) is 6.15. The number of rotatable bonds is 5. The van der Waals surface area contributed by atoms with E-state index in [1.165, 1.54) is 0 Å². The number of aromatic amines is 1. The lowest BCUT2D eigenvalue weighted by Gasteiger charge is -2.16. The van der Waals surface area contributed by atoms with Crippen LogP contribution in [-0.2, 0) is 0 Å². The molecule has 0 amide bonds. The Morgan fingerprint density at radius 3 is 3.05 bits per heavy atom. The van der Waals surface area contributed by atoms with Gasteiger partial charge in [-0.3, -0.25) is 10.5 Å². The third-order valence-electron chi connectivity index (χ3n) is 2.91. The number of nitrogens with one attached hydrogen (secondary N) is 3. The number of nitrogen functional groups attached to an aromatic ring is 1. The van der Waals surface area contributed by atoms with E-state index in [-0.39, 0.29) is 6.04 Å². The monoisotopic (exact) mass is 290 g/mol. The van der Waals surface area contributed by atoms with Crippen LogP contribution < -0.4 is 16.6 Å². The van der Waals surface area contributed by atoms with Crippen molar-refractivity contribution in [3.8, 4) is 0 Å². The lowest BCUT2D eigenvalue weighted by Crippen LogP contribution is -2.14. The summed E-state index contributed by atoms with van der Waals surface area (Å²) in [5, 5.41) is 14.0. The molecule has 0 aliphatic heterocycles. The zero-order valence-electron chi connectivity index (χ0n) is 10.8. The van der Waals surface area contributed by atoms with Gasteiger partial charge in [0.2, 0.25) is 5.95 Å². The lowest BCUT2D eigenvalue weighted by molar-refractivity contribution is 0.738. The highest BCUT2D eigenvalue weighted by molar-refractivity contribution is 7.09. The van der Waals surface area contributed by atoms with Gasteiger partial charge in [0.05, 0.1) is 17.6 Å². The molecule has 3 rings (SSSR count). The summed E-state index contributed by atoms with van der Waals surface area (Å²) in [6, 6.07) is 0.0913. The molecule has 9 heteroatoms. The Labute approximate surface area is 118 Å². The summed E-state index contributed by atoms with van der Waals surface area (Å²) in [6.07, 6.45) is 4.37. The Morgan fingerprint density at radius 1 is 1.45 bits per heavy atom. The average Bonchev–Trinajstić information content (AvgIpc) is 3.14. The molecule has 0 bridgehead atoms. The van der Waals surface area contributed by atoms with E-state index in [2.05, 4.69) is 42.8 Å². The number of hydrogen-bond acceptors (Lipinski definition) is 8. The zero-order valence-corrected chi connectivity index (χ0v) is 11.6. The number of nitrogens with zero attached hydrogens (tertiary/aromatic N) is 4. The first-order chi connectivity index (χ1) is 9.81. The summed E-state index contributed by atoms with van der Waals surface area (Å²) in [7, 11) is 0. The van der Waals surface area contributed by atoms with Crippen molar-refractivity contribution in [2.24, 2.45) is 5.84 Å². The number of fused-ring (bicyclic) bond motifs is 1. The molecule has 20 heavy (non-hydrogen) atoms. The Balaban J connectivity index is 1.98. The highest BCUT2D eigenvalue weighted by Crippen LogP contribution is 2.27. The molecule has 3 aromatic heterocycles. The Kier molecular flexibility index (Phi) is 3.44. The molecule has 3 aromatic rings. The number of thiazole rings is 1. The maximum atomic E-state index is 5.39. The highest BCUT2D eigenvalue weighted by atomic mass is 32.1. The van der Waals surface area contributed by atoms with Crippen LogP contribution in [0.4, 0.5) is 11.8 Å². The van der Waals surface area contributed by atoms with Crippen LogP contribution in [0.3, 0.4) is 0 Å². The van der Waals surface area contributed by atoms with Gasteiger partial charge in [-0.2, -0.15) is 15.1 Å². The van der Waals surface area contributed by atoms with Crippen molar-refractivity contribution in [3.05, 3.63) is 22.8 Å². The van der Waals surface area contributed by atoms with Crippen LogP contribution in [-0.4, -0.2) is 25.1 Å². The molecule has 0 radical (unpaired) electrons. The van der Waals surface area contributed by atoms with E-state index >= 15 is 0 Å². The maximum Gasteiger partial charge on any atom is 0.241 e. The predicted molar refractivity (Wildman–Crippen MR) is 78.3 cm³/mol. The quantitative estimate of drug-likeness (QED) is 0.417. The third kappa shape index (κ3) is 2.28. The standard InChI is InChI=1S/C11H14N8S/c1-2-7(10-13-3-4-20-10)15-8-6-5-14-19-9(6)17-11(16-8)18-12/h3-5,7H,2,12H2,1H3,(H3,14,15,16,17,18,19). The van der Waals surface area contributed by atoms with Crippen LogP contribution in [0.15, 0.2) is 17.8 Å². The fraction of sp³-hybridized carbons (Fsp3) is 0.273. The van der Waals surface area contributed by atoms with E-state index in [4.69, 9.17) is 5.84 Å². The van der Waals surface area contributed by atoms with E-state index < -0.39 is 0 Å². The molecule has 5 N–H and O–H groups in total. The van der Waals surface area contributed by atoms with Gasteiger partial charge < -0.3 is 5.32 Å². The van der Waals surface area contributed by atoms with Gasteiger partial charge in [0.25, 0.3) is 0 Å². The summed E-state index contributed by atoms with van der Waals surface area (Å²) >= 11 is 1.61. The zero-order chi connectivity index (χ0) is 13.9. The molecular weight excluding hydrogens is 276 g/mol. The van der Waals surface area contributed by atoms with Crippen molar-refractivity contribution >= 4 is 34.1 Å². The minimum absolute atomic E-state index is 0.0913. The minimum atomic E-state index is 0.0913. The van der Waals surface area contributed by atoms with Crippen molar-refractivity contribution in [2.45, 2.75) is 19.4 Å². The van der Waals surface area contributed by atoms with Crippen LogP contribution >= 0.6 is 11.3 Å². The largest absolute Gasteiger partial charge is 0.360 e. The second-order valence-electron chi connectivity index (χ2n) is 4.15. The van der Waals surface area contributed by atoms with Crippen molar-refractivity contribution in [3.63, 3.8) is 0 Å². The van der Waals surface area contributed by atoms with Gasteiger partial charge in [-0.1, -0.05) is 6.92 Å². The van der Waals surface area contributed by atoms with E-state index in [1.807, 2.05) is 5.38 Å². The fourth-order valence-electron chi connectivity index (χ4n) is 1.92. The van der Waals surface area contributed by atoms with Gasteiger partial charge >= 0.3 is 0 Å². The van der Waals surface area contributed by atoms with Crippen LogP contribution in [0.2, 0.25) is 0 Å². The van der Waals surface area contributed by atoms with Crippen LogP contribution in [0.5, 0.6) is 0 Å². The van der Waals surface area contributed by atoms with Crippen LogP contribution in [0.25, 0.3) is 11.0 Å². The maximum absolute atomic E-state index is 5.39. The second kappa shape index (κ2) is 5.39. The third-order valence-corrected chi connectivity index (χ3v) is 3.80. The number of anilines is 2. The van der Waals surface area contributed by atoms with Gasteiger partial charge in [0.1, 0.15) is 10.8 Å². The first-order valence-corrected chi connectivity index (χ1v) is 7.03. The van der Waals surface area contributed by atoms with Gasteiger partial charge in [0.15, 0.2) is 5.65 Å². The smallest absolute Gasteiger partial charge is 0.241 e. The van der Waals surface area contributed by atoms with Crippen molar-refractivity contribution < 1.29 is 0 Å². The van der Waals surface area contributed by atoms with Gasteiger partial charge in [-0.15, -0.1) is 11.3 Å². The number of aromatic nitrogens is 5. The predicted octanol–water partition coefficient (Wildman–Crippen LogP) is 1.66. The fourth-order valence-corrected chi connectivity index (χ4v) is 2.69. The van der Waals surface area contributed by atoms with Gasteiger partial charge in [-0.05, 0) is 6.42 Å². The Hall–Kier alpha value is -2.26. The molecule has 104 valence electrons. The molecule has 1 unspecified atom stereocenters. The summed E-state index contributed by atoms with van der Waals surface area (Å²) in [5.74, 6) is 6.40. The van der Waals surface area contributed by atoms with Crippen LogP contribution in [0.1, 0.15) is 24.4 Å². The van der Waals surface area contributed by atoms with Gasteiger partial charge in [0, 0.05) is 11.6 Å². The van der Waals surface area contributed by atoms with E-state index in [0.29, 0.717) is 17.4 Å². The molecule has 0 aliphatic rings. The van der Waals surface area contributed by atoms with Crippen molar-refractivity contribution in [1.82, 2.24) is 25.1 Å².